The molecule has 0 spiro atoms. The SMILES string of the molecule is COCCC(C)Sc1cccc(O)c1. The van der Waals surface area contributed by atoms with Crippen molar-refractivity contribution in [1.29, 1.82) is 0 Å². The van der Waals surface area contributed by atoms with Crippen LogP contribution in [-0.2, 0) is 4.74 Å². The van der Waals surface area contributed by atoms with Crippen molar-refractivity contribution in [1.82, 2.24) is 0 Å². The molecule has 0 bridgehead atoms. The van der Waals surface area contributed by atoms with Gasteiger partial charge in [0, 0.05) is 23.9 Å². The molecule has 0 aliphatic heterocycles. The fraction of sp³-hybridized carbons (Fsp3) is 0.455. The lowest BCUT2D eigenvalue weighted by Crippen LogP contribution is -2.00. The lowest BCUT2D eigenvalue weighted by molar-refractivity contribution is 0.195. The Bertz CT molecular complexity index is 276. The zero-order valence-electron chi connectivity index (χ0n) is 8.56. The number of rotatable bonds is 5. The Kier molecular flexibility index (Phi) is 4.84. The molecule has 2 nitrogen and oxygen atoms in total. The monoisotopic (exact) mass is 212 g/mol. The number of aromatic hydroxyl groups is 1. The number of phenols is 1. The van der Waals surface area contributed by atoms with Crippen molar-refractivity contribution in [2.24, 2.45) is 0 Å². The van der Waals surface area contributed by atoms with Gasteiger partial charge in [-0.05, 0) is 24.6 Å². The zero-order valence-corrected chi connectivity index (χ0v) is 9.38. The van der Waals surface area contributed by atoms with Crippen LogP contribution in [0, 0.1) is 0 Å². The van der Waals surface area contributed by atoms with Gasteiger partial charge in [0.05, 0.1) is 0 Å². The molecule has 1 aromatic rings. The summed E-state index contributed by atoms with van der Waals surface area (Å²) in [6, 6.07) is 7.34. The highest BCUT2D eigenvalue weighted by atomic mass is 32.2. The number of hydrogen-bond donors (Lipinski definition) is 1. The van der Waals surface area contributed by atoms with Crippen LogP contribution in [0.5, 0.6) is 5.75 Å². The summed E-state index contributed by atoms with van der Waals surface area (Å²) < 4.78 is 5.01. The fourth-order valence-electron chi connectivity index (χ4n) is 1.13. The van der Waals surface area contributed by atoms with Gasteiger partial charge in [-0.15, -0.1) is 11.8 Å². The second-order valence-electron chi connectivity index (χ2n) is 3.21. The predicted octanol–water partition coefficient (Wildman–Crippen LogP) is 2.91. The van der Waals surface area contributed by atoms with Crippen molar-refractivity contribution in [3.05, 3.63) is 24.3 Å². The number of phenolic OH excluding ortho intramolecular Hbond substituents is 1. The largest absolute Gasteiger partial charge is 0.508 e. The number of thioether (sulfide) groups is 1. The van der Waals surface area contributed by atoms with Gasteiger partial charge in [0.2, 0.25) is 0 Å². The van der Waals surface area contributed by atoms with Gasteiger partial charge in [0.25, 0.3) is 0 Å². The molecule has 0 amide bonds. The fourth-order valence-corrected chi connectivity index (χ4v) is 2.16. The first-order chi connectivity index (χ1) is 6.72. The standard InChI is InChI=1S/C11H16O2S/c1-9(6-7-13-2)14-11-5-3-4-10(12)8-11/h3-5,8-9,12H,6-7H2,1-2H3. The molecule has 0 fully saturated rings. The van der Waals surface area contributed by atoms with E-state index in [4.69, 9.17) is 4.74 Å². The van der Waals surface area contributed by atoms with E-state index in [0.717, 1.165) is 17.9 Å². The molecule has 0 heterocycles. The second kappa shape index (κ2) is 5.94. The summed E-state index contributed by atoms with van der Waals surface area (Å²) in [5.41, 5.74) is 0. The van der Waals surface area contributed by atoms with E-state index in [1.54, 1.807) is 31.0 Å². The van der Waals surface area contributed by atoms with E-state index in [-0.39, 0.29) is 0 Å². The van der Waals surface area contributed by atoms with Crippen LogP contribution in [0.25, 0.3) is 0 Å². The van der Waals surface area contributed by atoms with E-state index in [1.165, 1.54) is 0 Å². The summed E-state index contributed by atoms with van der Waals surface area (Å²) in [6.07, 6.45) is 1.02. The summed E-state index contributed by atoms with van der Waals surface area (Å²) in [6.45, 7) is 2.95. The maximum absolute atomic E-state index is 9.26. The molecule has 0 aliphatic rings. The van der Waals surface area contributed by atoms with Gasteiger partial charge in [-0.25, -0.2) is 0 Å². The summed E-state index contributed by atoms with van der Waals surface area (Å²) in [5, 5.41) is 9.77. The van der Waals surface area contributed by atoms with Crippen molar-refractivity contribution in [2.75, 3.05) is 13.7 Å². The van der Waals surface area contributed by atoms with Crippen LogP contribution in [0.3, 0.4) is 0 Å². The third-order valence-electron chi connectivity index (χ3n) is 1.88. The third kappa shape index (κ3) is 4.03. The Morgan fingerprint density at radius 2 is 2.29 bits per heavy atom. The minimum atomic E-state index is 0.328. The van der Waals surface area contributed by atoms with Crippen molar-refractivity contribution in [2.45, 2.75) is 23.5 Å². The number of benzene rings is 1. The third-order valence-corrected chi connectivity index (χ3v) is 3.05. The average Bonchev–Trinajstić information content (AvgIpc) is 2.15. The first-order valence-corrected chi connectivity index (χ1v) is 5.55. The molecule has 0 aromatic heterocycles. The molecule has 1 atom stereocenters. The molecule has 0 saturated carbocycles. The Hall–Kier alpha value is -0.670. The van der Waals surface area contributed by atoms with E-state index >= 15 is 0 Å². The second-order valence-corrected chi connectivity index (χ2v) is 4.72. The highest BCUT2D eigenvalue weighted by molar-refractivity contribution is 7.99. The summed E-state index contributed by atoms with van der Waals surface area (Å²) >= 11 is 1.76. The Morgan fingerprint density at radius 1 is 1.50 bits per heavy atom. The van der Waals surface area contributed by atoms with E-state index in [9.17, 15) is 5.11 Å². The van der Waals surface area contributed by atoms with Crippen molar-refractivity contribution < 1.29 is 9.84 Å². The zero-order chi connectivity index (χ0) is 10.4. The van der Waals surface area contributed by atoms with Gasteiger partial charge >= 0.3 is 0 Å². The lowest BCUT2D eigenvalue weighted by atomic mass is 10.3. The molecule has 14 heavy (non-hydrogen) atoms. The Labute approximate surface area is 89.3 Å². The minimum absolute atomic E-state index is 0.328. The van der Waals surface area contributed by atoms with Gasteiger partial charge in [0.15, 0.2) is 0 Å². The van der Waals surface area contributed by atoms with Crippen LogP contribution >= 0.6 is 11.8 Å². The van der Waals surface area contributed by atoms with Crippen molar-refractivity contribution >= 4 is 11.8 Å². The van der Waals surface area contributed by atoms with Crippen LogP contribution < -0.4 is 0 Å². The predicted molar refractivity (Wildman–Crippen MR) is 59.9 cm³/mol. The molecule has 0 radical (unpaired) electrons. The quantitative estimate of drug-likeness (QED) is 0.761. The highest BCUT2D eigenvalue weighted by Gasteiger charge is 2.04. The molecular weight excluding hydrogens is 196 g/mol. The number of hydrogen-bond acceptors (Lipinski definition) is 3. The average molecular weight is 212 g/mol. The topological polar surface area (TPSA) is 29.5 Å². The van der Waals surface area contributed by atoms with Gasteiger partial charge in [-0.1, -0.05) is 13.0 Å². The summed E-state index contributed by atoms with van der Waals surface area (Å²) in [4.78, 5) is 1.11. The molecule has 0 aliphatic carbocycles. The summed E-state index contributed by atoms with van der Waals surface area (Å²) in [5.74, 6) is 0.328. The van der Waals surface area contributed by atoms with Crippen LogP contribution in [0.1, 0.15) is 13.3 Å². The van der Waals surface area contributed by atoms with E-state index in [1.807, 2.05) is 12.1 Å². The normalized spacial score (nSPS) is 12.7. The molecule has 3 heteroatoms. The summed E-state index contributed by atoms with van der Waals surface area (Å²) in [7, 11) is 1.71. The molecule has 1 aromatic carbocycles. The van der Waals surface area contributed by atoms with Crippen LogP contribution in [0.2, 0.25) is 0 Å². The van der Waals surface area contributed by atoms with Crippen LogP contribution in [0.4, 0.5) is 0 Å². The Balaban J connectivity index is 2.43. The molecule has 0 saturated heterocycles. The maximum Gasteiger partial charge on any atom is 0.116 e. The first-order valence-electron chi connectivity index (χ1n) is 4.67. The molecular formula is C11H16O2S. The maximum atomic E-state index is 9.26. The van der Waals surface area contributed by atoms with Crippen molar-refractivity contribution in [3.8, 4) is 5.75 Å². The van der Waals surface area contributed by atoms with E-state index < -0.39 is 0 Å². The minimum Gasteiger partial charge on any atom is -0.508 e. The van der Waals surface area contributed by atoms with Gasteiger partial charge in [0.1, 0.15) is 5.75 Å². The molecule has 1 rings (SSSR count). The van der Waals surface area contributed by atoms with Crippen molar-refractivity contribution in [3.63, 3.8) is 0 Å². The van der Waals surface area contributed by atoms with Crippen LogP contribution in [0.15, 0.2) is 29.2 Å². The van der Waals surface area contributed by atoms with Crippen LogP contribution in [-0.4, -0.2) is 24.1 Å². The lowest BCUT2D eigenvalue weighted by Gasteiger charge is -2.10. The van der Waals surface area contributed by atoms with E-state index in [2.05, 4.69) is 6.92 Å². The number of methoxy groups -OCH3 is 1. The highest BCUT2D eigenvalue weighted by Crippen LogP contribution is 2.27. The number of ether oxygens (including phenoxy) is 1. The molecule has 78 valence electrons. The molecule has 1 unspecified atom stereocenters. The molecule has 1 N–H and O–H groups in total. The first kappa shape index (κ1) is 11.4. The van der Waals surface area contributed by atoms with E-state index in [0.29, 0.717) is 11.0 Å². The van der Waals surface area contributed by atoms with Gasteiger partial charge in [-0.3, -0.25) is 0 Å². The smallest absolute Gasteiger partial charge is 0.116 e. The van der Waals surface area contributed by atoms with Gasteiger partial charge < -0.3 is 9.84 Å². The van der Waals surface area contributed by atoms with Gasteiger partial charge in [-0.2, -0.15) is 0 Å². The Morgan fingerprint density at radius 3 is 2.93 bits per heavy atom.